The van der Waals surface area contributed by atoms with Crippen LogP contribution in [0.1, 0.15) is 51.9 Å². The van der Waals surface area contributed by atoms with Gasteiger partial charge in [0, 0.05) is 12.1 Å². The van der Waals surface area contributed by atoms with Gasteiger partial charge in [-0.05, 0) is 51.7 Å². The molecule has 0 radical (unpaired) electrons. The molecule has 0 aromatic heterocycles. The van der Waals surface area contributed by atoms with Crippen LogP contribution in [-0.4, -0.2) is 36.6 Å². The van der Waals surface area contributed by atoms with Crippen molar-refractivity contribution in [1.29, 1.82) is 0 Å². The highest BCUT2D eigenvalue weighted by Gasteiger charge is 2.24. The fraction of sp³-hybridized carbons (Fsp3) is 1.00. The number of nitrogens with zero attached hydrogens (tertiary/aromatic N) is 1. The van der Waals surface area contributed by atoms with Gasteiger partial charge in [-0.2, -0.15) is 0 Å². The molecule has 1 aliphatic carbocycles. The van der Waals surface area contributed by atoms with Gasteiger partial charge in [0.25, 0.3) is 0 Å². The van der Waals surface area contributed by atoms with Crippen molar-refractivity contribution in [2.45, 2.75) is 64.0 Å². The molecule has 0 amide bonds. The molecule has 0 spiro atoms. The summed E-state index contributed by atoms with van der Waals surface area (Å²) in [5.74, 6) is 0. The Morgan fingerprint density at radius 2 is 1.73 bits per heavy atom. The Labute approximate surface area is 94.4 Å². The summed E-state index contributed by atoms with van der Waals surface area (Å²) in [6.45, 7) is 6.26. The molecule has 1 saturated carbocycles. The number of hydrogen-bond donors (Lipinski definition) is 1. The van der Waals surface area contributed by atoms with Crippen molar-refractivity contribution in [3.63, 3.8) is 0 Å². The molecule has 15 heavy (non-hydrogen) atoms. The van der Waals surface area contributed by atoms with E-state index in [9.17, 15) is 0 Å². The minimum Gasteiger partial charge on any atom is -0.311 e. The van der Waals surface area contributed by atoms with Crippen molar-refractivity contribution in [2.75, 3.05) is 19.6 Å². The first-order chi connectivity index (χ1) is 7.38. The molecule has 2 heteroatoms. The Balaban J connectivity index is 1.58. The van der Waals surface area contributed by atoms with Gasteiger partial charge in [0.1, 0.15) is 0 Å². The van der Waals surface area contributed by atoms with Gasteiger partial charge in [-0.3, -0.25) is 0 Å². The van der Waals surface area contributed by atoms with Crippen molar-refractivity contribution in [3.05, 3.63) is 0 Å². The zero-order valence-corrected chi connectivity index (χ0v) is 10.2. The Bertz CT molecular complexity index is 169. The van der Waals surface area contributed by atoms with Crippen LogP contribution in [0.2, 0.25) is 0 Å². The van der Waals surface area contributed by atoms with Crippen LogP contribution in [0.4, 0.5) is 0 Å². The minimum atomic E-state index is 0.827. The molecule has 2 rings (SSSR count). The maximum atomic E-state index is 3.81. The van der Waals surface area contributed by atoms with Crippen LogP contribution >= 0.6 is 0 Å². The van der Waals surface area contributed by atoms with Crippen molar-refractivity contribution >= 4 is 0 Å². The summed E-state index contributed by atoms with van der Waals surface area (Å²) in [5.41, 5.74) is 0. The Morgan fingerprint density at radius 1 is 1.07 bits per heavy atom. The second kappa shape index (κ2) is 5.86. The predicted octanol–water partition coefficient (Wildman–Crippen LogP) is 2.39. The Morgan fingerprint density at radius 3 is 2.27 bits per heavy atom. The number of nitrogens with one attached hydrogen (secondary N) is 1. The first kappa shape index (κ1) is 11.4. The molecule has 0 atom stereocenters. The summed E-state index contributed by atoms with van der Waals surface area (Å²) >= 11 is 0. The van der Waals surface area contributed by atoms with Gasteiger partial charge in [0.2, 0.25) is 0 Å². The molecule has 2 fully saturated rings. The standard InChI is InChI=1S/C13H26N2/c1-2-3-9-15-10-7-13(8-11-15)14-12-5-4-6-12/h12-14H,2-11H2,1H3. The monoisotopic (exact) mass is 210 g/mol. The van der Waals surface area contributed by atoms with Gasteiger partial charge in [-0.25, -0.2) is 0 Å². The van der Waals surface area contributed by atoms with Crippen LogP contribution in [-0.2, 0) is 0 Å². The van der Waals surface area contributed by atoms with E-state index >= 15 is 0 Å². The molecule has 1 heterocycles. The summed E-state index contributed by atoms with van der Waals surface area (Å²) in [6, 6.07) is 1.70. The normalized spacial score (nSPS) is 25.4. The zero-order valence-electron chi connectivity index (χ0n) is 10.2. The van der Waals surface area contributed by atoms with Gasteiger partial charge in [-0.1, -0.05) is 19.8 Å². The lowest BCUT2D eigenvalue weighted by Crippen LogP contribution is -2.48. The second-order valence-electron chi connectivity index (χ2n) is 5.26. The lowest BCUT2D eigenvalue weighted by Gasteiger charge is -2.37. The third-order valence-corrected chi connectivity index (χ3v) is 3.99. The molecular weight excluding hydrogens is 184 g/mol. The van der Waals surface area contributed by atoms with Gasteiger partial charge < -0.3 is 10.2 Å². The number of piperidine rings is 1. The number of unbranched alkanes of at least 4 members (excludes halogenated alkanes) is 1. The SMILES string of the molecule is CCCCN1CCC(NC2CCC2)CC1. The molecular formula is C13H26N2. The van der Waals surface area contributed by atoms with E-state index in [1.165, 1.54) is 64.6 Å². The van der Waals surface area contributed by atoms with Gasteiger partial charge in [0.05, 0.1) is 0 Å². The Hall–Kier alpha value is -0.0800. The zero-order chi connectivity index (χ0) is 10.5. The molecule has 2 nitrogen and oxygen atoms in total. The maximum Gasteiger partial charge on any atom is 0.00940 e. The van der Waals surface area contributed by atoms with Crippen LogP contribution in [0.15, 0.2) is 0 Å². The van der Waals surface area contributed by atoms with Crippen LogP contribution in [0.25, 0.3) is 0 Å². The summed E-state index contributed by atoms with van der Waals surface area (Å²) < 4.78 is 0. The van der Waals surface area contributed by atoms with E-state index in [1.807, 2.05) is 0 Å². The average molecular weight is 210 g/mol. The molecule has 0 bridgehead atoms. The third kappa shape index (κ3) is 3.46. The van der Waals surface area contributed by atoms with Crippen molar-refractivity contribution < 1.29 is 0 Å². The topological polar surface area (TPSA) is 15.3 Å². The first-order valence-corrected chi connectivity index (χ1v) is 6.87. The molecule has 88 valence electrons. The first-order valence-electron chi connectivity index (χ1n) is 6.87. The van der Waals surface area contributed by atoms with E-state index in [2.05, 4.69) is 17.1 Å². The largest absolute Gasteiger partial charge is 0.311 e. The summed E-state index contributed by atoms with van der Waals surface area (Å²) in [5, 5.41) is 3.81. The molecule has 1 N–H and O–H groups in total. The summed E-state index contributed by atoms with van der Waals surface area (Å²) in [6.07, 6.45) is 9.76. The number of hydrogen-bond acceptors (Lipinski definition) is 2. The van der Waals surface area contributed by atoms with Crippen LogP contribution in [0.3, 0.4) is 0 Å². The van der Waals surface area contributed by atoms with Crippen molar-refractivity contribution in [1.82, 2.24) is 10.2 Å². The summed E-state index contributed by atoms with van der Waals surface area (Å²) in [4.78, 5) is 2.64. The van der Waals surface area contributed by atoms with Crippen LogP contribution in [0.5, 0.6) is 0 Å². The van der Waals surface area contributed by atoms with Crippen LogP contribution < -0.4 is 5.32 Å². The second-order valence-corrected chi connectivity index (χ2v) is 5.26. The van der Waals surface area contributed by atoms with Crippen molar-refractivity contribution in [2.24, 2.45) is 0 Å². The van der Waals surface area contributed by atoms with E-state index < -0.39 is 0 Å². The number of rotatable bonds is 5. The number of likely N-dealkylation sites (tertiary alicyclic amines) is 1. The summed E-state index contributed by atoms with van der Waals surface area (Å²) in [7, 11) is 0. The Kier molecular flexibility index (Phi) is 4.45. The molecule has 0 unspecified atom stereocenters. The molecule has 2 aliphatic rings. The van der Waals surface area contributed by atoms with E-state index in [1.54, 1.807) is 0 Å². The van der Waals surface area contributed by atoms with Crippen molar-refractivity contribution in [3.8, 4) is 0 Å². The molecule has 0 aromatic carbocycles. The fourth-order valence-corrected chi connectivity index (χ4v) is 2.61. The highest BCUT2D eigenvalue weighted by molar-refractivity contribution is 4.84. The predicted molar refractivity (Wildman–Crippen MR) is 65.1 cm³/mol. The lowest BCUT2D eigenvalue weighted by atomic mass is 9.91. The van der Waals surface area contributed by atoms with E-state index in [-0.39, 0.29) is 0 Å². The van der Waals surface area contributed by atoms with Crippen LogP contribution in [0, 0.1) is 0 Å². The quantitative estimate of drug-likeness (QED) is 0.749. The molecule has 1 saturated heterocycles. The lowest BCUT2D eigenvalue weighted by molar-refractivity contribution is 0.176. The highest BCUT2D eigenvalue weighted by atomic mass is 15.1. The van der Waals surface area contributed by atoms with E-state index in [4.69, 9.17) is 0 Å². The smallest absolute Gasteiger partial charge is 0.00940 e. The van der Waals surface area contributed by atoms with Gasteiger partial charge in [0.15, 0.2) is 0 Å². The third-order valence-electron chi connectivity index (χ3n) is 3.99. The van der Waals surface area contributed by atoms with Gasteiger partial charge >= 0.3 is 0 Å². The molecule has 0 aromatic rings. The maximum absolute atomic E-state index is 3.81. The highest BCUT2D eigenvalue weighted by Crippen LogP contribution is 2.21. The average Bonchev–Trinajstić information content (AvgIpc) is 2.22. The molecule has 1 aliphatic heterocycles. The minimum absolute atomic E-state index is 0.827. The fourth-order valence-electron chi connectivity index (χ4n) is 2.61. The van der Waals surface area contributed by atoms with Gasteiger partial charge in [-0.15, -0.1) is 0 Å². The van der Waals surface area contributed by atoms with E-state index in [0.29, 0.717) is 0 Å². The van der Waals surface area contributed by atoms with E-state index in [0.717, 1.165) is 12.1 Å².